The largest absolute Gasteiger partial charge is 0.497 e. The molecule has 1 saturated carbocycles. The maximum Gasteiger partial charge on any atom is 0.264 e. The van der Waals surface area contributed by atoms with Gasteiger partial charge in [-0.3, -0.25) is 13.9 Å². The van der Waals surface area contributed by atoms with Crippen LogP contribution in [0.4, 0.5) is 5.69 Å². The van der Waals surface area contributed by atoms with Gasteiger partial charge in [0.25, 0.3) is 10.0 Å². The molecule has 1 aliphatic rings. The summed E-state index contributed by atoms with van der Waals surface area (Å²) in [5.74, 6) is 0.465. The van der Waals surface area contributed by atoms with Gasteiger partial charge in [-0.25, -0.2) is 8.42 Å². The second kappa shape index (κ2) is 15.1. The number of hydrogen-bond donors (Lipinski definition) is 1. The lowest BCUT2D eigenvalue weighted by Crippen LogP contribution is -2.53. The van der Waals surface area contributed by atoms with Gasteiger partial charge >= 0.3 is 0 Å². The Morgan fingerprint density at radius 3 is 2.11 bits per heavy atom. The summed E-state index contributed by atoms with van der Waals surface area (Å²) >= 11 is 0. The minimum atomic E-state index is -4.16. The first-order chi connectivity index (χ1) is 21.1. The van der Waals surface area contributed by atoms with Crippen molar-refractivity contribution in [2.75, 3.05) is 24.6 Å². The third kappa shape index (κ3) is 8.31. The first-order valence-corrected chi connectivity index (χ1v) is 16.6. The van der Waals surface area contributed by atoms with E-state index < -0.39 is 28.5 Å². The average Bonchev–Trinajstić information content (AvgIpc) is 3.03. The molecule has 0 radical (unpaired) electrons. The van der Waals surface area contributed by atoms with Crippen LogP contribution in [0, 0.1) is 6.92 Å². The van der Waals surface area contributed by atoms with Crippen LogP contribution in [-0.4, -0.2) is 57.5 Å². The molecule has 1 atom stereocenters. The Morgan fingerprint density at radius 2 is 1.52 bits per heavy atom. The van der Waals surface area contributed by atoms with Gasteiger partial charge < -0.3 is 19.7 Å². The number of amides is 2. The molecule has 0 bridgehead atoms. The fourth-order valence-electron chi connectivity index (χ4n) is 5.32. The number of ether oxygens (including phenoxy) is 2. The number of carbonyl (C=O) groups is 2. The topological polar surface area (TPSA) is 105 Å². The Bertz CT molecular complexity index is 1490. The predicted molar refractivity (Wildman–Crippen MR) is 171 cm³/mol. The van der Waals surface area contributed by atoms with E-state index in [0.717, 1.165) is 47.5 Å². The summed E-state index contributed by atoms with van der Waals surface area (Å²) in [4.78, 5) is 29.1. The molecule has 2 amide bonds. The molecule has 0 spiro atoms. The minimum Gasteiger partial charge on any atom is -0.497 e. The van der Waals surface area contributed by atoms with Crippen molar-refractivity contribution in [3.05, 3.63) is 83.9 Å². The average molecular weight is 622 g/mol. The van der Waals surface area contributed by atoms with E-state index in [9.17, 15) is 18.0 Å². The molecule has 236 valence electrons. The molecule has 3 aromatic rings. The predicted octanol–water partition coefficient (Wildman–Crippen LogP) is 5.46. The van der Waals surface area contributed by atoms with Gasteiger partial charge in [-0.1, -0.05) is 49.1 Å². The van der Waals surface area contributed by atoms with Crippen LogP contribution in [0.15, 0.2) is 77.7 Å². The van der Waals surface area contributed by atoms with Crippen LogP contribution in [0.25, 0.3) is 0 Å². The smallest absolute Gasteiger partial charge is 0.264 e. The quantitative estimate of drug-likeness (QED) is 0.272. The number of carbonyl (C=O) groups excluding carboxylic acids is 2. The van der Waals surface area contributed by atoms with E-state index in [1.165, 1.54) is 17.0 Å². The summed E-state index contributed by atoms with van der Waals surface area (Å²) in [7, 11) is -2.59. The molecule has 0 aromatic heterocycles. The Kier molecular flexibility index (Phi) is 11.3. The summed E-state index contributed by atoms with van der Waals surface area (Å²) < 4.78 is 40.0. The van der Waals surface area contributed by atoms with Crippen molar-refractivity contribution in [2.24, 2.45) is 0 Å². The van der Waals surface area contributed by atoms with Crippen molar-refractivity contribution in [3.8, 4) is 11.5 Å². The Morgan fingerprint density at radius 1 is 0.909 bits per heavy atom. The van der Waals surface area contributed by atoms with Gasteiger partial charge in [0.2, 0.25) is 11.8 Å². The fraction of sp³-hybridized carbons (Fsp3) is 0.412. The zero-order valence-corrected chi connectivity index (χ0v) is 26.8. The molecule has 0 aliphatic heterocycles. The third-order valence-electron chi connectivity index (χ3n) is 7.95. The summed E-state index contributed by atoms with van der Waals surface area (Å²) in [5, 5.41) is 3.12. The number of nitrogens with one attached hydrogen (secondary N) is 1. The van der Waals surface area contributed by atoms with E-state index in [-0.39, 0.29) is 23.4 Å². The van der Waals surface area contributed by atoms with E-state index in [1.807, 2.05) is 26.0 Å². The second-order valence-electron chi connectivity index (χ2n) is 11.1. The summed E-state index contributed by atoms with van der Waals surface area (Å²) in [6.45, 7) is 5.53. The summed E-state index contributed by atoms with van der Waals surface area (Å²) in [6, 6.07) is 19.6. The minimum absolute atomic E-state index is 0.0270. The van der Waals surface area contributed by atoms with Crippen LogP contribution in [0.2, 0.25) is 0 Å². The van der Waals surface area contributed by atoms with Gasteiger partial charge in [-0.15, -0.1) is 0 Å². The highest BCUT2D eigenvalue weighted by Crippen LogP contribution is 2.27. The highest BCUT2D eigenvalue weighted by molar-refractivity contribution is 7.92. The lowest BCUT2D eigenvalue weighted by atomic mass is 9.95. The number of aryl methyl sites for hydroxylation is 1. The highest BCUT2D eigenvalue weighted by Gasteiger charge is 2.33. The number of methoxy groups -OCH3 is 1. The number of nitrogens with zero attached hydrogens (tertiary/aromatic N) is 2. The van der Waals surface area contributed by atoms with Crippen molar-refractivity contribution in [1.82, 2.24) is 10.2 Å². The van der Waals surface area contributed by atoms with Crippen LogP contribution in [0.1, 0.15) is 57.1 Å². The highest BCUT2D eigenvalue weighted by atomic mass is 32.2. The molecular formula is C34H43N3O6S. The molecule has 4 rings (SSSR count). The van der Waals surface area contributed by atoms with Gasteiger partial charge in [-0.05, 0) is 87.7 Å². The molecule has 1 N–H and O–H groups in total. The van der Waals surface area contributed by atoms with Crippen LogP contribution in [0.3, 0.4) is 0 Å². The van der Waals surface area contributed by atoms with E-state index >= 15 is 0 Å². The van der Waals surface area contributed by atoms with Crippen molar-refractivity contribution < 1.29 is 27.5 Å². The Labute approximate surface area is 261 Å². The van der Waals surface area contributed by atoms with Gasteiger partial charge in [-0.2, -0.15) is 0 Å². The molecule has 10 heteroatoms. The van der Waals surface area contributed by atoms with E-state index in [1.54, 1.807) is 62.6 Å². The molecule has 0 heterocycles. The first-order valence-electron chi connectivity index (χ1n) is 15.2. The molecule has 0 unspecified atom stereocenters. The maximum atomic E-state index is 14.2. The maximum absolute atomic E-state index is 14.2. The summed E-state index contributed by atoms with van der Waals surface area (Å²) in [6.07, 6.45) is 5.09. The van der Waals surface area contributed by atoms with Gasteiger partial charge in [0, 0.05) is 12.6 Å². The molecule has 1 aliphatic carbocycles. The van der Waals surface area contributed by atoms with Crippen LogP contribution >= 0.6 is 0 Å². The molecule has 9 nitrogen and oxygen atoms in total. The van der Waals surface area contributed by atoms with Gasteiger partial charge in [0.1, 0.15) is 24.1 Å². The SMILES string of the molecule is CCOc1ccc(S(=O)(=O)N(CC(=O)N(Cc2ccc(OC)cc2)[C@@H](C)C(=O)NC2CCCCC2)c2ccc(C)cc2)cc1. The zero-order valence-electron chi connectivity index (χ0n) is 26.0. The standard InChI is InChI=1S/C34H43N3O6S/c1-5-43-31-19-21-32(22-20-31)44(40,41)37(29-15-11-25(2)12-16-29)24-33(38)36(23-27-13-17-30(42-4)18-14-27)26(3)34(39)35-28-9-7-6-8-10-28/h11-22,26,28H,5-10,23-24H2,1-4H3,(H,35,39)/t26-/m0/s1. The van der Waals surface area contributed by atoms with E-state index in [4.69, 9.17) is 9.47 Å². The lowest BCUT2D eigenvalue weighted by molar-refractivity contribution is -0.139. The monoisotopic (exact) mass is 621 g/mol. The lowest BCUT2D eigenvalue weighted by Gasteiger charge is -2.33. The normalized spacial score (nSPS) is 14.4. The molecule has 44 heavy (non-hydrogen) atoms. The first kappa shape index (κ1) is 32.9. The van der Waals surface area contributed by atoms with E-state index in [0.29, 0.717) is 23.8 Å². The summed E-state index contributed by atoms with van der Waals surface area (Å²) in [5.41, 5.74) is 2.09. The van der Waals surface area contributed by atoms with Crippen molar-refractivity contribution >= 4 is 27.5 Å². The molecular weight excluding hydrogens is 578 g/mol. The molecule has 3 aromatic carbocycles. The zero-order chi connectivity index (χ0) is 31.7. The van der Waals surface area contributed by atoms with Crippen molar-refractivity contribution in [2.45, 2.75) is 76.4 Å². The molecule has 1 fully saturated rings. The van der Waals surface area contributed by atoms with Crippen LogP contribution in [0.5, 0.6) is 11.5 Å². The van der Waals surface area contributed by atoms with Crippen LogP contribution in [-0.2, 0) is 26.2 Å². The number of rotatable bonds is 13. The number of hydrogen-bond acceptors (Lipinski definition) is 6. The molecule has 0 saturated heterocycles. The van der Waals surface area contributed by atoms with Crippen molar-refractivity contribution in [3.63, 3.8) is 0 Å². The van der Waals surface area contributed by atoms with Gasteiger partial charge in [0.15, 0.2) is 0 Å². The van der Waals surface area contributed by atoms with E-state index in [2.05, 4.69) is 5.32 Å². The second-order valence-corrected chi connectivity index (χ2v) is 13.0. The number of benzene rings is 3. The Hall–Kier alpha value is -4.05. The third-order valence-corrected chi connectivity index (χ3v) is 9.74. The number of sulfonamides is 1. The fourth-order valence-corrected chi connectivity index (χ4v) is 6.73. The van der Waals surface area contributed by atoms with Gasteiger partial charge in [0.05, 0.1) is 24.3 Å². The number of anilines is 1. The van der Waals surface area contributed by atoms with Crippen LogP contribution < -0.4 is 19.1 Å². The Balaban J connectivity index is 1.66. The van der Waals surface area contributed by atoms with Crippen molar-refractivity contribution in [1.29, 1.82) is 0 Å².